The zero-order valence-electron chi connectivity index (χ0n) is 18.0. The lowest BCUT2D eigenvalue weighted by Crippen LogP contribution is -2.22. The van der Waals surface area contributed by atoms with E-state index in [0.29, 0.717) is 16.4 Å². The molecule has 1 unspecified atom stereocenters. The quantitative estimate of drug-likeness (QED) is 0.237. The molecule has 0 aromatic heterocycles. The van der Waals surface area contributed by atoms with E-state index >= 15 is 0 Å². The Balaban J connectivity index is 1.55. The Kier molecular flexibility index (Phi) is 8.08. The highest BCUT2D eigenvalue weighted by Crippen LogP contribution is 2.27. The number of nitrogens with one attached hydrogen (secondary N) is 2. The minimum Gasteiger partial charge on any atom is -0.326 e. The number of hydrogen-bond donors (Lipinski definition) is 2. The minimum atomic E-state index is -0.497. The van der Waals surface area contributed by atoms with Crippen molar-refractivity contribution in [1.82, 2.24) is 0 Å². The van der Waals surface area contributed by atoms with Gasteiger partial charge in [-0.3, -0.25) is 19.7 Å². The van der Waals surface area contributed by atoms with Crippen LogP contribution in [0, 0.1) is 17.0 Å². The third kappa shape index (κ3) is 7.06. The molecule has 0 saturated heterocycles. The Morgan fingerprint density at radius 3 is 2.33 bits per heavy atom. The van der Waals surface area contributed by atoms with E-state index in [1.807, 2.05) is 24.3 Å². The molecule has 1 atom stereocenters. The number of benzene rings is 3. The van der Waals surface area contributed by atoms with Crippen LogP contribution in [0.3, 0.4) is 0 Å². The summed E-state index contributed by atoms with van der Waals surface area (Å²) in [6, 6.07) is 18.7. The fourth-order valence-corrected chi connectivity index (χ4v) is 3.95. The molecule has 3 rings (SSSR count). The molecule has 0 aliphatic carbocycles. The Labute approximate surface area is 200 Å². The van der Waals surface area contributed by atoms with Crippen molar-refractivity contribution < 1.29 is 14.5 Å². The number of halogens is 1. The van der Waals surface area contributed by atoms with E-state index in [1.54, 1.807) is 44.2 Å². The maximum absolute atomic E-state index is 12.6. The van der Waals surface area contributed by atoms with Gasteiger partial charge in [0.1, 0.15) is 0 Å². The van der Waals surface area contributed by atoms with Gasteiger partial charge in [0.2, 0.25) is 11.8 Å². The summed E-state index contributed by atoms with van der Waals surface area (Å²) in [4.78, 5) is 36.2. The molecule has 33 heavy (non-hydrogen) atoms. The van der Waals surface area contributed by atoms with Crippen LogP contribution in [-0.4, -0.2) is 22.0 Å². The molecule has 3 aromatic rings. The molecular formula is C24H22ClN3O4S. The molecule has 7 nitrogen and oxygen atoms in total. The maximum atomic E-state index is 12.6. The van der Waals surface area contributed by atoms with Crippen molar-refractivity contribution >= 4 is 52.2 Å². The summed E-state index contributed by atoms with van der Waals surface area (Å²) in [7, 11) is 0. The average molecular weight is 484 g/mol. The second-order valence-electron chi connectivity index (χ2n) is 7.38. The first-order valence-corrected chi connectivity index (χ1v) is 11.3. The van der Waals surface area contributed by atoms with Crippen molar-refractivity contribution in [2.24, 2.45) is 0 Å². The van der Waals surface area contributed by atoms with Crippen LogP contribution in [0.4, 0.5) is 17.1 Å². The summed E-state index contributed by atoms with van der Waals surface area (Å²) < 4.78 is 0. The summed E-state index contributed by atoms with van der Waals surface area (Å²) in [5, 5.41) is 16.8. The van der Waals surface area contributed by atoms with Gasteiger partial charge in [0.15, 0.2) is 0 Å². The van der Waals surface area contributed by atoms with Crippen LogP contribution >= 0.6 is 23.4 Å². The van der Waals surface area contributed by atoms with Crippen molar-refractivity contribution in [2.45, 2.75) is 30.4 Å². The number of aryl methyl sites for hydroxylation is 1. The van der Waals surface area contributed by atoms with Crippen LogP contribution in [0.15, 0.2) is 71.6 Å². The highest BCUT2D eigenvalue weighted by Gasteiger charge is 2.17. The number of nitrogens with zero attached hydrogens (tertiary/aromatic N) is 1. The molecule has 0 saturated carbocycles. The molecule has 0 fully saturated rings. The van der Waals surface area contributed by atoms with E-state index in [4.69, 9.17) is 11.6 Å². The van der Waals surface area contributed by atoms with Gasteiger partial charge in [-0.15, -0.1) is 11.8 Å². The summed E-state index contributed by atoms with van der Waals surface area (Å²) >= 11 is 7.21. The maximum Gasteiger partial charge on any atom is 0.271 e. The Bertz CT molecular complexity index is 1170. The summed E-state index contributed by atoms with van der Waals surface area (Å²) in [6.07, 6.45) is 0.238. The summed E-state index contributed by atoms with van der Waals surface area (Å²) in [6.45, 7) is 3.53. The van der Waals surface area contributed by atoms with E-state index in [9.17, 15) is 19.7 Å². The Hall–Kier alpha value is -3.36. The number of non-ortho nitro benzene ring substituents is 1. The normalized spacial score (nSPS) is 11.5. The molecule has 2 amide bonds. The van der Waals surface area contributed by atoms with E-state index < -0.39 is 10.2 Å². The third-order valence-electron chi connectivity index (χ3n) is 4.79. The van der Waals surface area contributed by atoms with Gasteiger partial charge in [0.05, 0.1) is 22.3 Å². The van der Waals surface area contributed by atoms with Crippen molar-refractivity contribution in [3.05, 3.63) is 93.0 Å². The lowest BCUT2D eigenvalue weighted by Gasteiger charge is -2.14. The number of nitro benzene ring substituents is 1. The van der Waals surface area contributed by atoms with Gasteiger partial charge < -0.3 is 10.6 Å². The molecule has 0 radical (unpaired) electrons. The van der Waals surface area contributed by atoms with Gasteiger partial charge >= 0.3 is 0 Å². The topological polar surface area (TPSA) is 101 Å². The van der Waals surface area contributed by atoms with Crippen molar-refractivity contribution in [3.63, 3.8) is 0 Å². The average Bonchev–Trinajstić information content (AvgIpc) is 2.78. The first kappa shape index (κ1) is 24.3. The first-order chi connectivity index (χ1) is 15.7. The predicted octanol–water partition coefficient (Wildman–Crippen LogP) is 5.86. The molecule has 0 bridgehead atoms. The third-order valence-corrected chi connectivity index (χ3v) is 6.15. The molecule has 9 heteroatoms. The number of hydrogen-bond acceptors (Lipinski definition) is 5. The summed E-state index contributed by atoms with van der Waals surface area (Å²) in [5.74, 6) is -0.401. The van der Waals surface area contributed by atoms with Gasteiger partial charge in [-0.2, -0.15) is 0 Å². The highest BCUT2D eigenvalue weighted by molar-refractivity contribution is 8.00. The number of carbonyl (C=O) groups is 2. The number of anilines is 2. The molecule has 0 aliphatic rings. The SMILES string of the molecule is Cc1ccc([N+](=O)[O-])cc1NC(=O)C(C)Sc1ccc(NC(=O)Cc2ccc(Cl)cc2)cc1. The van der Waals surface area contributed by atoms with Gasteiger partial charge in [-0.1, -0.05) is 29.8 Å². The van der Waals surface area contributed by atoms with E-state index in [0.717, 1.165) is 16.0 Å². The van der Waals surface area contributed by atoms with E-state index in [2.05, 4.69) is 10.6 Å². The zero-order valence-corrected chi connectivity index (χ0v) is 19.6. The van der Waals surface area contributed by atoms with Gasteiger partial charge in [-0.25, -0.2) is 0 Å². The van der Waals surface area contributed by atoms with Crippen LogP contribution in [-0.2, 0) is 16.0 Å². The molecule has 2 N–H and O–H groups in total. The molecular weight excluding hydrogens is 462 g/mol. The first-order valence-electron chi connectivity index (χ1n) is 10.1. The van der Waals surface area contributed by atoms with Crippen LogP contribution in [0.5, 0.6) is 0 Å². The second kappa shape index (κ2) is 11.0. The molecule has 0 aliphatic heterocycles. The monoisotopic (exact) mass is 483 g/mol. The van der Waals surface area contributed by atoms with Crippen LogP contribution in [0.1, 0.15) is 18.1 Å². The second-order valence-corrected chi connectivity index (χ2v) is 9.23. The van der Waals surface area contributed by atoms with Gasteiger partial charge in [-0.05, 0) is 61.4 Å². The number of nitro groups is 1. The van der Waals surface area contributed by atoms with Crippen LogP contribution in [0.2, 0.25) is 5.02 Å². The lowest BCUT2D eigenvalue weighted by molar-refractivity contribution is -0.384. The van der Waals surface area contributed by atoms with E-state index in [1.165, 1.54) is 23.9 Å². The molecule has 3 aromatic carbocycles. The summed E-state index contributed by atoms with van der Waals surface area (Å²) in [5.41, 5.74) is 2.60. The van der Waals surface area contributed by atoms with Gasteiger partial charge in [0, 0.05) is 27.7 Å². The fourth-order valence-electron chi connectivity index (χ4n) is 2.96. The molecule has 0 heterocycles. The lowest BCUT2D eigenvalue weighted by atomic mass is 10.1. The largest absolute Gasteiger partial charge is 0.326 e. The molecule has 170 valence electrons. The fraction of sp³-hybridized carbons (Fsp3) is 0.167. The number of amides is 2. The zero-order chi connectivity index (χ0) is 24.0. The minimum absolute atomic E-state index is 0.0788. The number of carbonyl (C=O) groups excluding carboxylic acids is 2. The standard InChI is InChI=1S/C24H22ClN3O4S/c1-15-3-10-20(28(31)32)14-22(15)27-24(30)16(2)33-21-11-8-19(9-12-21)26-23(29)13-17-4-6-18(25)7-5-17/h3-12,14,16H,13H2,1-2H3,(H,26,29)(H,27,30). The van der Waals surface area contributed by atoms with Crippen molar-refractivity contribution in [2.75, 3.05) is 10.6 Å². The van der Waals surface area contributed by atoms with Crippen molar-refractivity contribution in [1.29, 1.82) is 0 Å². The molecule has 0 spiro atoms. The van der Waals surface area contributed by atoms with Crippen LogP contribution in [0.25, 0.3) is 0 Å². The van der Waals surface area contributed by atoms with Crippen molar-refractivity contribution in [3.8, 4) is 0 Å². The number of rotatable bonds is 8. The van der Waals surface area contributed by atoms with Crippen LogP contribution < -0.4 is 10.6 Å². The Morgan fingerprint density at radius 1 is 1.03 bits per heavy atom. The smallest absolute Gasteiger partial charge is 0.271 e. The number of thioether (sulfide) groups is 1. The predicted molar refractivity (Wildman–Crippen MR) is 132 cm³/mol. The Morgan fingerprint density at radius 2 is 1.70 bits per heavy atom. The van der Waals surface area contributed by atoms with E-state index in [-0.39, 0.29) is 23.9 Å². The highest BCUT2D eigenvalue weighted by atomic mass is 35.5. The van der Waals surface area contributed by atoms with Gasteiger partial charge in [0.25, 0.3) is 5.69 Å².